The van der Waals surface area contributed by atoms with Crippen LogP contribution in [0.5, 0.6) is 5.75 Å². The number of aliphatic carboxylic acids is 1. The van der Waals surface area contributed by atoms with E-state index in [0.717, 1.165) is 54.8 Å². The molecule has 1 aliphatic heterocycles. The van der Waals surface area contributed by atoms with E-state index in [4.69, 9.17) is 9.15 Å². The Hall–Kier alpha value is -3.36. The van der Waals surface area contributed by atoms with Crippen LogP contribution in [0.1, 0.15) is 11.1 Å². The monoisotopic (exact) mass is 462 g/mol. The fourth-order valence-electron chi connectivity index (χ4n) is 3.97. The van der Waals surface area contributed by atoms with Crippen LogP contribution in [0.2, 0.25) is 0 Å². The number of hydrogen-bond acceptors (Lipinski definition) is 11. The average Bonchev–Trinajstić information content (AvgIpc) is 2.75. The number of aliphatic hydroxyl groups excluding tert-OH is 1. The maximum absolute atomic E-state index is 12.3. The largest absolute Gasteiger partial charge is 0.508 e. The van der Waals surface area contributed by atoms with Crippen molar-refractivity contribution in [3.63, 3.8) is 0 Å². The number of hydrogen-bond donors (Lipinski definition) is 8. The third-order valence-electron chi connectivity index (χ3n) is 5.79. The molecule has 2 heterocycles. The lowest BCUT2D eigenvalue weighted by molar-refractivity contribution is -0.551. The van der Waals surface area contributed by atoms with Crippen molar-refractivity contribution < 1.29 is 54.8 Å². The van der Waals surface area contributed by atoms with Crippen molar-refractivity contribution in [3.05, 3.63) is 76.1 Å². The molecule has 4 rings (SSSR count). The summed E-state index contributed by atoms with van der Waals surface area (Å²) < 4.78 is 9.91. The molecule has 12 nitrogen and oxygen atoms in total. The minimum absolute atomic E-state index is 0.00447. The summed E-state index contributed by atoms with van der Waals surface area (Å²) in [7, 11) is 0. The molecule has 0 saturated carbocycles. The van der Waals surface area contributed by atoms with Crippen molar-refractivity contribution in [1.82, 2.24) is 0 Å². The second kappa shape index (κ2) is 7.07. The van der Waals surface area contributed by atoms with E-state index < -0.39 is 51.6 Å². The van der Waals surface area contributed by atoms with Gasteiger partial charge in [-0.15, -0.1) is 0 Å². The Morgan fingerprint density at radius 2 is 1.52 bits per heavy atom. The van der Waals surface area contributed by atoms with Crippen molar-refractivity contribution in [3.8, 4) is 5.75 Å². The number of aliphatic hydroxyl groups is 6. The minimum Gasteiger partial charge on any atom is -0.508 e. The molecule has 1 fully saturated rings. The summed E-state index contributed by atoms with van der Waals surface area (Å²) in [6, 6.07) is 7.91. The Balaban J connectivity index is 2.04. The quantitative estimate of drug-likeness (QED) is 0.206. The number of phenols is 1. The lowest BCUT2D eigenvalue weighted by Gasteiger charge is -2.57. The molecule has 0 unspecified atom stereocenters. The fourth-order valence-corrected chi connectivity index (χ4v) is 3.97. The first-order valence-corrected chi connectivity index (χ1v) is 9.34. The SMILES string of the molecule is O=C(O)[C@@]1(c2ccc(O)cc2)OC(O)(O)C(O)(O)[C@](O)(c2ccc3c(=O)ccoc3c2)[C@@H]1O. The molecule has 0 radical (unpaired) electrons. The number of carboxylic acids is 1. The van der Waals surface area contributed by atoms with Crippen LogP contribution in [-0.4, -0.2) is 64.7 Å². The maximum atomic E-state index is 12.3. The number of rotatable bonds is 3. The van der Waals surface area contributed by atoms with E-state index in [0.29, 0.717) is 0 Å². The van der Waals surface area contributed by atoms with Gasteiger partial charge in [0.15, 0.2) is 11.0 Å². The van der Waals surface area contributed by atoms with E-state index in [1.54, 1.807) is 0 Å². The van der Waals surface area contributed by atoms with Crippen molar-refractivity contribution in [2.45, 2.75) is 29.1 Å². The zero-order valence-electron chi connectivity index (χ0n) is 16.5. The van der Waals surface area contributed by atoms with Crippen LogP contribution in [0.3, 0.4) is 0 Å². The second-order valence-corrected chi connectivity index (χ2v) is 7.63. The predicted octanol–water partition coefficient (Wildman–Crippen LogP) is -1.62. The molecule has 1 aliphatic rings. The summed E-state index contributed by atoms with van der Waals surface area (Å²) in [5.41, 5.74) is -8.57. The molecular weight excluding hydrogens is 444 g/mol. The van der Waals surface area contributed by atoms with Gasteiger partial charge in [0.05, 0.1) is 11.6 Å². The Bertz CT molecular complexity index is 1290. The third-order valence-corrected chi connectivity index (χ3v) is 5.79. The van der Waals surface area contributed by atoms with Gasteiger partial charge in [-0.3, -0.25) is 9.53 Å². The van der Waals surface area contributed by atoms with Gasteiger partial charge < -0.3 is 45.3 Å². The number of aromatic hydroxyl groups is 1. The second-order valence-electron chi connectivity index (χ2n) is 7.63. The molecule has 0 amide bonds. The molecule has 174 valence electrons. The minimum atomic E-state index is -4.16. The molecule has 1 aromatic heterocycles. The van der Waals surface area contributed by atoms with Crippen LogP contribution in [0.25, 0.3) is 11.0 Å². The number of benzene rings is 2. The smallest absolute Gasteiger partial charge is 0.343 e. The van der Waals surface area contributed by atoms with Gasteiger partial charge in [0.1, 0.15) is 17.4 Å². The van der Waals surface area contributed by atoms with E-state index >= 15 is 0 Å². The predicted molar refractivity (Wildman–Crippen MR) is 105 cm³/mol. The van der Waals surface area contributed by atoms with E-state index in [2.05, 4.69) is 0 Å². The van der Waals surface area contributed by atoms with Crippen molar-refractivity contribution in [1.29, 1.82) is 0 Å². The highest BCUT2D eigenvalue weighted by Gasteiger charge is 2.78. The third kappa shape index (κ3) is 2.91. The fraction of sp³-hybridized carbons (Fsp3) is 0.238. The Morgan fingerprint density at radius 3 is 2.12 bits per heavy atom. The highest BCUT2D eigenvalue weighted by Crippen LogP contribution is 2.54. The summed E-state index contributed by atoms with van der Waals surface area (Å²) in [4.78, 5) is 24.3. The first-order chi connectivity index (χ1) is 15.3. The molecule has 0 bridgehead atoms. The molecule has 12 heteroatoms. The van der Waals surface area contributed by atoms with Gasteiger partial charge in [-0.2, -0.15) is 0 Å². The zero-order valence-corrected chi connectivity index (χ0v) is 16.5. The van der Waals surface area contributed by atoms with E-state index in [9.17, 15) is 50.4 Å². The van der Waals surface area contributed by atoms with E-state index in [1.807, 2.05) is 0 Å². The molecule has 0 spiro atoms. The van der Waals surface area contributed by atoms with Crippen LogP contribution in [0, 0.1) is 0 Å². The van der Waals surface area contributed by atoms with Gasteiger partial charge in [-0.1, -0.05) is 18.2 Å². The summed E-state index contributed by atoms with van der Waals surface area (Å²) in [6.07, 6.45) is -1.80. The Kier molecular flexibility index (Phi) is 4.89. The number of carbonyl (C=O) groups is 1. The lowest BCUT2D eigenvalue weighted by Crippen LogP contribution is -2.81. The van der Waals surface area contributed by atoms with Crippen LogP contribution >= 0.6 is 0 Å². The van der Waals surface area contributed by atoms with E-state index in [1.165, 1.54) is 0 Å². The van der Waals surface area contributed by atoms with Gasteiger partial charge >= 0.3 is 11.9 Å². The first-order valence-electron chi connectivity index (χ1n) is 9.34. The molecule has 1 saturated heterocycles. The molecule has 2 aromatic carbocycles. The van der Waals surface area contributed by atoms with Crippen LogP contribution in [-0.2, 0) is 20.7 Å². The summed E-state index contributed by atoms with van der Waals surface area (Å²) >= 11 is 0. The average molecular weight is 462 g/mol. The van der Waals surface area contributed by atoms with Gasteiger partial charge in [0.25, 0.3) is 5.79 Å². The van der Waals surface area contributed by atoms with Crippen molar-refractivity contribution in [2.75, 3.05) is 0 Å². The Morgan fingerprint density at radius 1 is 0.909 bits per heavy atom. The maximum Gasteiger partial charge on any atom is 0.343 e. The standard InChI is InChI=1S/C21H18O12/c22-12-4-1-10(2-5-12)18(17(25)26)16(24)19(27,20(28,29)21(30,31)33-18)11-3-6-13-14(23)7-8-32-15(13)9-11/h1-9,16,22,24,27-31H,(H,25,26)/t16-,18+,19+/m1/s1. The summed E-state index contributed by atoms with van der Waals surface area (Å²) in [5.74, 6) is -10.6. The highest BCUT2D eigenvalue weighted by molar-refractivity contribution is 5.82. The summed E-state index contributed by atoms with van der Waals surface area (Å²) in [5, 5.41) is 83.9. The molecular formula is C21H18O12. The topological polar surface area (TPSA) is 218 Å². The Labute approximate surface area is 183 Å². The number of carboxylic acid groups (broad SMARTS) is 1. The first kappa shape index (κ1) is 22.8. The molecule has 3 aromatic rings. The number of ether oxygens (including phenoxy) is 1. The normalized spacial score (nSPS) is 28.5. The number of phenolic OH excluding ortho intramolecular Hbond substituents is 1. The van der Waals surface area contributed by atoms with Crippen LogP contribution < -0.4 is 5.43 Å². The molecule has 33 heavy (non-hydrogen) atoms. The number of fused-ring (bicyclic) bond motifs is 1. The lowest BCUT2D eigenvalue weighted by atomic mass is 9.68. The summed E-state index contributed by atoms with van der Waals surface area (Å²) in [6.45, 7) is 0. The van der Waals surface area contributed by atoms with Gasteiger partial charge in [-0.05, 0) is 35.4 Å². The molecule has 0 aliphatic carbocycles. The van der Waals surface area contributed by atoms with Gasteiger partial charge in [0, 0.05) is 6.07 Å². The van der Waals surface area contributed by atoms with Gasteiger partial charge in [-0.25, -0.2) is 4.79 Å². The highest BCUT2D eigenvalue weighted by atomic mass is 16.8. The van der Waals surface area contributed by atoms with Crippen molar-refractivity contribution >= 4 is 16.9 Å². The van der Waals surface area contributed by atoms with E-state index in [-0.39, 0.29) is 16.7 Å². The molecule has 3 atom stereocenters. The van der Waals surface area contributed by atoms with Crippen LogP contribution in [0.15, 0.2) is 64.0 Å². The van der Waals surface area contributed by atoms with Crippen LogP contribution in [0.4, 0.5) is 0 Å². The van der Waals surface area contributed by atoms with Gasteiger partial charge in [0.2, 0.25) is 5.60 Å². The molecule has 8 N–H and O–H groups in total. The van der Waals surface area contributed by atoms with Crippen molar-refractivity contribution in [2.24, 2.45) is 0 Å². The zero-order chi connectivity index (χ0) is 24.4.